The molecule has 2 aliphatic carbocycles. The van der Waals surface area contributed by atoms with Crippen LogP contribution in [0.1, 0.15) is 78.1 Å². The summed E-state index contributed by atoms with van der Waals surface area (Å²) in [5.74, 6) is -1.19. The summed E-state index contributed by atoms with van der Waals surface area (Å²) >= 11 is 0. The van der Waals surface area contributed by atoms with E-state index in [0.29, 0.717) is 13.2 Å². The lowest BCUT2D eigenvalue weighted by molar-refractivity contribution is -0.143. The van der Waals surface area contributed by atoms with Gasteiger partial charge < -0.3 is 15.2 Å². The van der Waals surface area contributed by atoms with Gasteiger partial charge in [0.05, 0.1) is 12.5 Å². The molecular weight excluding hydrogens is 278 g/mol. The quantitative estimate of drug-likeness (QED) is 0.778. The van der Waals surface area contributed by atoms with Crippen molar-refractivity contribution in [3.8, 4) is 0 Å². The van der Waals surface area contributed by atoms with Crippen LogP contribution in [0.2, 0.25) is 0 Å². The Balaban J connectivity index is 0.000000239. The highest BCUT2D eigenvalue weighted by Gasteiger charge is 2.19. The molecule has 2 N–H and O–H groups in total. The van der Waals surface area contributed by atoms with Crippen molar-refractivity contribution in [3.05, 3.63) is 0 Å². The highest BCUT2D eigenvalue weighted by Crippen LogP contribution is 2.22. The van der Waals surface area contributed by atoms with Gasteiger partial charge in [-0.2, -0.15) is 0 Å². The minimum absolute atomic E-state index is 0.311. The van der Waals surface area contributed by atoms with Gasteiger partial charge >= 0.3 is 5.97 Å². The molecule has 2 fully saturated rings. The number of nitrogens with one attached hydrogen (secondary N) is 1. The Morgan fingerprint density at radius 1 is 1.05 bits per heavy atom. The zero-order valence-corrected chi connectivity index (χ0v) is 14.5. The normalized spacial score (nSPS) is 21.7. The first-order chi connectivity index (χ1) is 10.6. The number of rotatable bonds is 6. The van der Waals surface area contributed by atoms with Crippen LogP contribution in [-0.2, 0) is 9.53 Å². The van der Waals surface area contributed by atoms with E-state index in [2.05, 4.69) is 5.32 Å². The van der Waals surface area contributed by atoms with E-state index in [0.717, 1.165) is 12.1 Å². The number of carboxylic acid groups (broad SMARTS) is 1. The molecule has 0 heterocycles. The number of hydrogen-bond donors (Lipinski definition) is 2. The van der Waals surface area contributed by atoms with Crippen molar-refractivity contribution in [1.29, 1.82) is 0 Å². The third-order valence-corrected chi connectivity index (χ3v) is 4.68. The average molecular weight is 313 g/mol. The summed E-state index contributed by atoms with van der Waals surface area (Å²) in [6.07, 6.45) is 14.6. The van der Waals surface area contributed by atoms with Gasteiger partial charge in [-0.3, -0.25) is 4.79 Å². The van der Waals surface area contributed by atoms with Crippen molar-refractivity contribution >= 4 is 5.97 Å². The van der Waals surface area contributed by atoms with Crippen molar-refractivity contribution in [2.75, 3.05) is 13.2 Å². The second-order valence-electron chi connectivity index (χ2n) is 6.74. The predicted molar refractivity (Wildman–Crippen MR) is 90.2 cm³/mol. The van der Waals surface area contributed by atoms with Crippen LogP contribution in [0.5, 0.6) is 0 Å². The molecule has 0 spiro atoms. The first kappa shape index (κ1) is 19.4. The zero-order chi connectivity index (χ0) is 16.2. The molecule has 4 heteroatoms. The van der Waals surface area contributed by atoms with Crippen molar-refractivity contribution in [2.24, 2.45) is 5.92 Å². The molecule has 1 atom stereocenters. The van der Waals surface area contributed by atoms with Gasteiger partial charge in [0.1, 0.15) is 0 Å². The van der Waals surface area contributed by atoms with Crippen LogP contribution < -0.4 is 5.32 Å². The molecule has 0 aromatic carbocycles. The molecular formula is C18H35NO3. The Hall–Kier alpha value is -0.610. The number of hydrogen-bond acceptors (Lipinski definition) is 3. The topological polar surface area (TPSA) is 58.6 Å². The Bertz CT molecular complexity index is 268. The second-order valence-corrected chi connectivity index (χ2v) is 6.74. The Morgan fingerprint density at radius 2 is 1.50 bits per heavy atom. The molecule has 0 aromatic rings. The fourth-order valence-electron chi connectivity index (χ4n) is 3.24. The van der Waals surface area contributed by atoms with E-state index in [1.54, 1.807) is 6.92 Å². The average Bonchev–Trinajstić information content (AvgIpc) is 2.55. The van der Waals surface area contributed by atoms with Crippen LogP contribution in [0.3, 0.4) is 0 Å². The third kappa shape index (κ3) is 8.74. The van der Waals surface area contributed by atoms with Crippen LogP contribution in [0.15, 0.2) is 0 Å². The minimum atomic E-state index is -0.802. The molecule has 130 valence electrons. The summed E-state index contributed by atoms with van der Waals surface area (Å²) in [4.78, 5) is 10.1. The maximum atomic E-state index is 10.1. The standard InChI is InChI=1S/C12H23N.C6H12O3/c1-3-7-11(8-4-1)13-12-9-5-2-6-10-12;1-3-9-4-5(2)6(7)8/h11-13H,1-10H2;5H,3-4H2,1-2H3,(H,7,8). The van der Waals surface area contributed by atoms with Crippen molar-refractivity contribution < 1.29 is 14.6 Å². The first-order valence-electron chi connectivity index (χ1n) is 9.20. The second kappa shape index (κ2) is 11.9. The number of ether oxygens (including phenoxy) is 1. The van der Waals surface area contributed by atoms with E-state index < -0.39 is 5.97 Å². The van der Waals surface area contributed by atoms with Gasteiger partial charge in [-0.1, -0.05) is 38.5 Å². The van der Waals surface area contributed by atoms with Gasteiger partial charge in [0.15, 0.2) is 0 Å². The molecule has 0 amide bonds. The maximum absolute atomic E-state index is 10.1. The van der Waals surface area contributed by atoms with Gasteiger partial charge in [-0.15, -0.1) is 0 Å². The van der Waals surface area contributed by atoms with Crippen molar-refractivity contribution in [1.82, 2.24) is 5.32 Å². The van der Waals surface area contributed by atoms with Gasteiger partial charge in [0, 0.05) is 18.7 Å². The molecule has 22 heavy (non-hydrogen) atoms. The summed E-state index contributed by atoms with van der Waals surface area (Å²) in [7, 11) is 0. The molecule has 4 nitrogen and oxygen atoms in total. The van der Waals surface area contributed by atoms with Gasteiger partial charge in [0.2, 0.25) is 0 Å². The Morgan fingerprint density at radius 3 is 1.86 bits per heavy atom. The van der Waals surface area contributed by atoms with Crippen molar-refractivity contribution in [2.45, 2.75) is 90.1 Å². The maximum Gasteiger partial charge on any atom is 0.308 e. The van der Waals surface area contributed by atoms with E-state index in [-0.39, 0.29) is 5.92 Å². The molecule has 0 bridgehead atoms. The van der Waals surface area contributed by atoms with Crippen LogP contribution in [-0.4, -0.2) is 36.4 Å². The molecule has 0 saturated heterocycles. The fourth-order valence-corrected chi connectivity index (χ4v) is 3.24. The van der Waals surface area contributed by atoms with Crippen LogP contribution in [0, 0.1) is 5.92 Å². The van der Waals surface area contributed by atoms with Crippen LogP contribution in [0.25, 0.3) is 0 Å². The summed E-state index contributed by atoms with van der Waals surface area (Å²) in [5.41, 5.74) is 0. The largest absolute Gasteiger partial charge is 0.481 e. The highest BCUT2D eigenvalue weighted by atomic mass is 16.5. The van der Waals surface area contributed by atoms with E-state index in [4.69, 9.17) is 9.84 Å². The molecule has 1 unspecified atom stereocenters. The number of aliphatic carboxylic acids is 1. The molecule has 0 radical (unpaired) electrons. The molecule has 2 rings (SSSR count). The first-order valence-corrected chi connectivity index (χ1v) is 9.20. The molecule has 0 aromatic heterocycles. The van der Waals surface area contributed by atoms with Crippen LogP contribution in [0.4, 0.5) is 0 Å². The lowest BCUT2D eigenvalue weighted by Crippen LogP contribution is -2.40. The third-order valence-electron chi connectivity index (χ3n) is 4.68. The van der Waals surface area contributed by atoms with Crippen molar-refractivity contribution in [3.63, 3.8) is 0 Å². The summed E-state index contributed by atoms with van der Waals surface area (Å²) < 4.78 is 4.88. The number of carboxylic acids is 1. The lowest BCUT2D eigenvalue weighted by atomic mass is 9.91. The Kier molecular flexibility index (Phi) is 10.5. The summed E-state index contributed by atoms with van der Waals surface area (Å²) in [6, 6.07) is 1.74. The smallest absolute Gasteiger partial charge is 0.308 e. The van der Waals surface area contributed by atoms with E-state index in [9.17, 15) is 4.79 Å². The Labute approximate surface area is 136 Å². The summed E-state index contributed by atoms with van der Waals surface area (Å²) in [6.45, 7) is 4.36. The fraction of sp³-hybridized carbons (Fsp3) is 0.944. The number of carbonyl (C=O) groups is 1. The van der Waals surface area contributed by atoms with E-state index >= 15 is 0 Å². The SMILES string of the molecule is C1CCC(NC2CCCCC2)CC1.CCOCC(C)C(=O)O. The predicted octanol–water partition coefficient (Wildman–Crippen LogP) is 3.99. The molecule has 2 aliphatic rings. The minimum Gasteiger partial charge on any atom is -0.481 e. The van der Waals surface area contributed by atoms with Gasteiger partial charge in [-0.25, -0.2) is 0 Å². The summed E-state index contributed by atoms with van der Waals surface area (Å²) in [5, 5.41) is 12.2. The monoisotopic (exact) mass is 313 g/mol. The molecule has 0 aliphatic heterocycles. The van der Waals surface area contributed by atoms with E-state index in [1.165, 1.54) is 64.2 Å². The highest BCUT2D eigenvalue weighted by molar-refractivity contribution is 5.69. The van der Waals surface area contributed by atoms with Gasteiger partial charge in [0.25, 0.3) is 0 Å². The molecule has 2 saturated carbocycles. The van der Waals surface area contributed by atoms with Crippen LogP contribution >= 0.6 is 0 Å². The lowest BCUT2D eigenvalue weighted by Gasteiger charge is -2.30. The van der Waals surface area contributed by atoms with E-state index in [1.807, 2.05) is 6.92 Å². The zero-order valence-electron chi connectivity index (χ0n) is 14.5. The van der Waals surface area contributed by atoms with Gasteiger partial charge in [-0.05, 0) is 39.5 Å².